The first-order valence-electron chi connectivity index (χ1n) is 9.00. The molecule has 1 aromatic rings. The van der Waals surface area contributed by atoms with Crippen molar-refractivity contribution in [3.05, 3.63) is 23.9 Å². The Kier molecular flexibility index (Phi) is 4.88. The first kappa shape index (κ1) is 16.3. The summed E-state index contributed by atoms with van der Waals surface area (Å²) < 4.78 is 5.56. The maximum absolute atomic E-state index is 12.9. The average Bonchev–Trinajstić information content (AvgIpc) is 2.55. The molecule has 2 heterocycles. The second-order valence-corrected chi connectivity index (χ2v) is 7.33. The Labute approximate surface area is 139 Å². The number of pyridine rings is 1. The molecular formula is C19H28N2O2. The first-order chi connectivity index (χ1) is 11.1. The quantitative estimate of drug-likeness (QED) is 0.849. The molecule has 2 aliphatic rings. The smallest absolute Gasteiger partial charge is 0.255 e. The van der Waals surface area contributed by atoms with Crippen LogP contribution in [0.1, 0.15) is 63.2 Å². The minimum Gasteiger partial charge on any atom is -0.475 e. The number of likely N-dealkylation sites (tertiary alicyclic amines) is 1. The molecule has 1 aliphatic heterocycles. The molecule has 4 heteroatoms. The Hall–Kier alpha value is -1.58. The molecule has 3 rings (SSSR count). The number of hydrogen-bond acceptors (Lipinski definition) is 3. The molecule has 23 heavy (non-hydrogen) atoms. The van der Waals surface area contributed by atoms with Crippen LogP contribution < -0.4 is 4.74 Å². The van der Waals surface area contributed by atoms with Gasteiger partial charge in [-0.25, -0.2) is 4.98 Å². The van der Waals surface area contributed by atoms with Crippen molar-refractivity contribution >= 4 is 5.91 Å². The van der Waals surface area contributed by atoms with Crippen molar-refractivity contribution in [1.82, 2.24) is 9.88 Å². The lowest BCUT2D eigenvalue weighted by molar-refractivity contribution is 0.0217. The highest BCUT2D eigenvalue weighted by atomic mass is 16.5. The number of carbonyl (C=O) groups excluding carboxylic acids is 1. The van der Waals surface area contributed by atoms with Gasteiger partial charge in [-0.15, -0.1) is 0 Å². The van der Waals surface area contributed by atoms with Crippen molar-refractivity contribution in [2.24, 2.45) is 11.8 Å². The largest absolute Gasteiger partial charge is 0.475 e. The van der Waals surface area contributed by atoms with Crippen LogP contribution >= 0.6 is 0 Å². The van der Waals surface area contributed by atoms with E-state index >= 15 is 0 Å². The van der Waals surface area contributed by atoms with Crippen LogP contribution in [0.5, 0.6) is 5.88 Å². The fourth-order valence-electron chi connectivity index (χ4n) is 4.15. The summed E-state index contributed by atoms with van der Waals surface area (Å²) in [5.41, 5.74) is 0.681. The Bertz CT molecular complexity index is 541. The molecule has 1 aromatic heterocycles. The molecule has 3 unspecified atom stereocenters. The zero-order chi connectivity index (χ0) is 16.4. The normalized spacial score (nSPS) is 27.7. The lowest BCUT2D eigenvalue weighted by atomic mass is 9.72. The summed E-state index contributed by atoms with van der Waals surface area (Å²) in [6.07, 6.45) is 7.87. The SMILES string of the molecule is CC(C)Oc1ccc(C(=O)N2CCC(C)C3CCCCC32)cn1. The van der Waals surface area contributed by atoms with Gasteiger partial charge in [-0.1, -0.05) is 19.8 Å². The predicted molar refractivity (Wildman–Crippen MR) is 90.6 cm³/mol. The second-order valence-electron chi connectivity index (χ2n) is 7.33. The summed E-state index contributed by atoms with van der Waals surface area (Å²) in [5, 5.41) is 0. The molecule has 3 atom stereocenters. The van der Waals surface area contributed by atoms with E-state index in [0.29, 0.717) is 23.4 Å². The minimum absolute atomic E-state index is 0.0932. The average molecular weight is 316 g/mol. The van der Waals surface area contributed by atoms with Crippen LogP contribution in [0.2, 0.25) is 0 Å². The van der Waals surface area contributed by atoms with E-state index in [2.05, 4.69) is 16.8 Å². The van der Waals surface area contributed by atoms with Crippen molar-refractivity contribution in [1.29, 1.82) is 0 Å². The number of fused-ring (bicyclic) bond motifs is 1. The van der Waals surface area contributed by atoms with Gasteiger partial charge in [0.25, 0.3) is 5.91 Å². The van der Waals surface area contributed by atoms with Gasteiger partial charge in [-0.2, -0.15) is 0 Å². The number of nitrogens with zero attached hydrogens (tertiary/aromatic N) is 2. The van der Waals surface area contributed by atoms with Gasteiger partial charge in [0, 0.05) is 24.8 Å². The van der Waals surface area contributed by atoms with E-state index in [4.69, 9.17) is 4.74 Å². The van der Waals surface area contributed by atoms with Gasteiger partial charge in [0.05, 0.1) is 11.7 Å². The number of amides is 1. The van der Waals surface area contributed by atoms with E-state index in [9.17, 15) is 4.79 Å². The standard InChI is InChI=1S/C19H28N2O2/c1-13(2)23-18-9-8-15(12-20-18)19(22)21-11-10-14(3)16-6-4-5-7-17(16)21/h8-9,12-14,16-17H,4-7,10-11H2,1-3H3. The van der Waals surface area contributed by atoms with Gasteiger partial charge in [0.2, 0.25) is 5.88 Å². The molecule has 0 bridgehead atoms. The molecule has 0 spiro atoms. The van der Waals surface area contributed by atoms with Crippen LogP contribution in [0.4, 0.5) is 0 Å². The Balaban J connectivity index is 1.74. The Morgan fingerprint density at radius 2 is 2.04 bits per heavy atom. The maximum Gasteiger partial charge on any atom is 0.255 e. The molecule has 0 N–H and O–H groups in total. The van der Waals surface area contributed by atoms with Crippen molar-refractivity contribution < 1.29 is 9.53 Å². The van der Waals surface area contributed by atoms with E-state index in [1.165, 1.54) is 19.3 Å². The molecule has 126 valence electrons. The molecule has 0 aromatic carbocycles. The lowest BCUT2D eigenvalue weighted by Crippen LogP contribution is -2.52. The molecule has 1 saturated heterocycles. The fourth-order valence-corrected chi connectivity index (χ4v) is 4.15. The Morgan fingerprint density at radius 3 is 2.74 bits per heavy atom. The highest BCUT2D eigenvalue weighted by molar-refractivity contribution is 5.94. The van der Waals surface area contributed by atoms with Crippen LogP contribution in [-0.4, -0.2) is 34.5 Å². The van der Waals surface area contributed by atoms with Gasteiger partial charge < -0.3 is 9.64 Å². The van der Waals surface area contributed by atoms with Gasteiger partial charge in [-0.3, -0.25) is 4.79 Å². The number of ether oxygens (including phenoxy) is 1. The predicted octanol–water partition coefficient (Wildman–Crippen LogP) is 3.91. The van der Waals surface area contributed by atoms with E-state index < -0.39 is 0 Å². The third-order valence-electron chi connectivity index (χ3n) is 5.34. The van der Waals surface area contributed by atoms with Crippen molar-refractivity contribution in [3.8, 4) is 5.88 Å². The van der Waals surface area contributed by atoms with Crippen molar-refractivity contribution in [2.75, 3.05) is 6.54 Å². The second kappa shape index (κ2) is 6.90. The summed E-state index contributed by atoms with van der Waals surface area (Å²) in [4.78, 5) is 19.3. The first-order valence-corrected chi connectivity index (χ1v) is 9.00. The zero-order valence-corrected chi connectivity index (χ0v) is 14.5. The van der Waals surface area contributed by atoms with E-state index in [-0.39, 0.29) is 12.0 Å². The van der Waals surface area contributed by atoms with Gasteiger partial charge >= 0.3 is 0 Å². The number of rotatable bonds is 3. The summed E-state index contributed by atoms with van der Waals surface area (Å²) in [5.74, 6) is 2.14. The number of hydrogen-bond donors (Lipinski definition) is 0. The van der Waals surface area contributed by atoms with Crippen molar-refractivity contribution in [2.45, 2.75) is 65.0 Å². The van der Waals surface area contributed by atoms with Gasteiger partial charge in [0.1, 0.15) is 0 Å². The van der Waals surface area contributed by atoms with Crippen LogP contribution in [0.15, 0.2) is 18.3 Å². The number of aromatic nitrogens is 1. The molecule has 4 nitrogen and oxygen atoms in total. The van der Waals surface area contributed by atoms with E-state index in [1.54, 1.807) is 12.3 Å². The highest BCUT2D eigenvalue weighted by Gasteiger charge is 2.39. The molecule has 2 fully saturated rings. The maximum atomic E-state index is 12.9. The summed E-state index contributed by atoms with van der Waals surface area (Å²) in [7, 11) is 0. The summed E-state index contributed by atoms with van der Waals surface area (Å²) >= 11 is 0. The highest BCUT2D eigenvalue weighted by Crippen LogP contribution is 2.39. The van der Waals surface area contributed by atoms with E-state index in [1.807, 2.05) is 19.9 Å². The van der Waals surface area contributed by atoms with Crippen LogP contribution in [0.25, 0.3) is 0 Å². The van der Waals surface area contributed by atoms with Crippen LogP contribution in [0.3, 0.4) is 0 Å². The fraction of sp³-hybridized carbons (Fsp3) is 0.684. The van der Waals surface area contributed by atoms with Crippen LogP contribution in [-0.2, 0) is 0 Å². The number of carbonyl (C=O) groups is 1. The monoisotopic (exact) mass is 316 g/mol. The molecule has 1 amide bonds. The third kappa shape index (κ3) is 3.51. The van der Waals surface area contributed by atoms with Gasteiger partial charge in [0.15, 0.2) is 0 Å². The summed E-state index contributed by atoms with van der Waals surface area (Å²) in [6.45, 7) is 7.17. The third-order valence-corrected chi connectivity index (χ3v) is 5.34. The topological polar surface area (TPSA) is 42.4 Å². The van der Waals surface area contributed by atoms with E-state index in [0.717, 1.165) is 25.3 Å². The molecule has 1 aliphatic carbocycles. The van der Waals surface area contributed by atoms with Gasteiger partial charge in [-0.05, 0) is 51.0 Å². The number of piperidine rings is 1. The van der Waals surface area contributed by atoms with Crippen molar-refractivity contribution in [3.63, 3.8) is 0 Å². The Morgan fingerprint density at radius 1 is 1.26 bits per heavy atom. The molecule has 1 saturated carbocycles. The lowest BCUT2D eigenvalue weighted by Gasteiger charge is -2.47. The zero-order valence-electron chi connectivity index (χ0n) is 14.5. The summed E-state index contributed by atoms with van der Waals surface area (Å²) in [6, 6.07) is 4.08. The van der Waals surface area contributed by atoms with Crippen LogP contribution in [0, 0.1) is 11.8 Å². The molecule has 0 radical (unpaired) electrons. The minimum atomic E-state index is 0.0932. The molecular weight excluding hydrogens is 288 g/mol.